The quantitative estimate of drug-likeness (QED) is 0.166. The van der Waals surface area contributed by atoms with Gasteiger partial charge in [0, 0.05) is 18.5 Å². The van der Waals surface area contributed by atoms with Crippen LogP contribution in [-0.4, -0.2) is 19.9 Å². The van der Waals surface area contributed by atoms with E-state index in [-0.39, 0.29) is 51.7 Å². The summed E-state index contributed by atoms with van der Waals surface area (Å²) >= 11 is 0. The first-order valence-corrected chi connectivity index (χ1v) is 8.20. The molecule has 0 heterocycles. The molecule has 3 N–H and O–H groups in total. The van der Waals surface area contributed by atoms with Gasteiger partial charge >= 0.3 is 29.6 Å². The van der Waals surface area contributed by atoms with E-state index in [0.29, 0.717) is 12.5 Å². The molecule has 1 fully saturated rings. The Bertz CT molecular complexity index is 796. The predicted octanol–water partition coefficient (Wildman–Crippen LogP) is -0.926. The number of nitriles is 1. The van der Waals surface area contributed by atoms with Gasteiger partial charge in [-0.25, -0.2) is 13.6 Å². The van der Waals surface area contributed by atoms with E-state index in [2.05, 4.69) is 11.4 Å². The average molecular weight is 375 g/mol. The van der Waals surface area contributed by atoms with E-state index < -0.39 is 14.9 Å². The first kappa shape index (κ1) is 23.1. The van der Waals surface area contributed by atoms with Gasteiger partial charge in [0.25, 0.3) is 5.69 Å². The molecule has 0 atom stereocenters. The number of hydrogen-bond acceptors (Lipinski definition) is 6. The van der Waals surface area contributed by atoms with Crippen LogP contribution in [0.25, 0.3) is 16.0 Å². The van der Waals surface area contributed by atoms with Crippen molar-refractivity contribution in [3.8, 4) is 6.07 Å². The molecule has 25 heavy (non-hydrogen) atoms. The van der Waals surface area contributed by atoms with Crippen molar-refractivity contribution in [1.82, 2.24) is 0 Å². The third kappa shape index (κ3) is 6.87. The van der Waals surface area contributed by atoms with Crippen LogP contribution in [0.1, 0.15) is 12.8 Å². The number of sulfonamides is 1. The van der Waals surface area contributed by atoms with Gasteiger partial charge in [0.05, 0.1) is 15.9 Å². The maximum atomic E-state index is 11.2. The average Bonchev–Trinajstić information content (AvgIpc) is 2.45. The van der Waals surface area contributed by atoms with Crippen LogP contribution in [0.5, 0.6) is 0 Å². The monoisotopic (exact) mass is 375 g/mol. The molecule has 1 aromatic carbocycles. The standard InChI is InChI=1S/C12H14N4O4S.N3.Na/c13-6-8-3-9(4-8)7-15-11-2-1-10(21(14,19)20)5-12(11)16(17)18;1-3-2;/h1-2,5,8-9,15H,3-4,7H2,(H2,14,19,20);;/q;-1;+1/t8-,9-;;. The van der Waals surface area contributed by atoms with Crippen molar-refractivity contribution in [2.75, 3.05) is 11.9 Å². The summed E-state index contributed by atoms with van der Waals surface area (Å²) in [7, 11) is -3.98. The van der Waals surface area contributed by atoms with Crippen molar-refractivity contribution in [3.63, 3.8) is 0 Å². The van der Waals surface area contributed by atoms with Crippen LogP contribution in [0, 0.1) is 33.3 Å². The van der Waals surface area contributed by atoms with Crippen molar-refractivity contribution in [2.45, 2.75) is 17.7 Å². The molecule has 1 aliphatic carbocycles. The number of nitrogens with zero attached hydrogens (tertiary/aromatic N) is 5. The molecule has 0 amide bonds. The normalized spacial score (nSPS) is 18.1. The predicted molar refractivity (Wildman–Crippen MR) is 84.9 cm³/mol. The minimum atomic E-state index is -3.98. The van der Waals surface area contributed by atoms with E-state index in [1.54, 1.807) is 0 Å². The van der Waals surface area contributed by atoms with Crippen LogP contribution >= 0.6 is 0 Å². The van der Waals surface area contributed by atoms with Crippen LogP contribution in [0.15, 0.2) is 23.1 Å². The Kier molecular flexibility index (Phi) is 9.43. The summed E-state index contributed by atoms with van der Waals surface area (Å²) in [6.45, 7) is 0.508. The van der Waals surface area contributed by atoms with Gasteiger partial charge in [0.2, 0.25) is 10.0 Å². The van der Waals surface area contributed by atoms with E-state index in [4.69, 9.17) is 21.5 Å². The molecule has 0 unspecified atom stereocenters. The third-order valence-corrected chi connectivity index (χ3v) is 4.40. The number of nitrogens with one attached hydrogen (secondary N) is 1. The van der Waals surface area contributed by atoms with Gasteiger partial charge < -0.3 is 16.4 Å². The maximum absolute atomic E-state index is 11.2. The molecule has 128 valence electrons. The summed E-state index contributed by atoms with van der Waals surface area (Å²) < 4.78 is 22.4. The number of rotatable bonds is 5. The number of hydrogen-bond donors (Lipinski definition) is 2. The van der Waals surface area contributed by atoms with Gasteiger partial charge in [-0.15, -0.1) is 0 Å². The van der Waals surface area contributed by atoms with Crippen LogP contribution in [0.3, 0.4) is 0 Å². The second-order valence-electron chi connectivity index (χ2n) is 5.11. The van der Waals surface area contributed by atoms with Crippen LogP contribution in [0.4, 0.5) is 11.4 Å². The summed E-state index contributed by atoms with van der Waals surface area (Å²) in [6, 6.07) is 5.67. The zero-order chi connectivity index (χ0) is 18.3. The molecule has 0 spiro atoms. The van der Waals surface area contributed by atoms with E-state index in [0.717, 1.165) is 18.9 Å². The van der Waals surface area contributed by atoms with Crippen molar-refractivity contribution in [2.24, 2.45) is 17.0 Å². The number of benzene rings is 1. The van der Waals surface area contributed by atoms with E-state index >= 15 is 0 Å². The van der Waals surface area contributed by atoms with Gasteiger partial charge in [0.15, 0.2) is 0 Å². The molecule has 11 nitrogen and oxygen atoms in total. The molecule has 1 aliphatic rings. The smallest absolute Gasteiger partial charge is 0.379 e. The van der Waals surface area contributed by atoms with E-state index in [9.17, 15) is 18.5 Å². The molecule has 1 aromatic rings. The number of anilines is 1. The maximum Gasteiger partial charge on any atom is 1.00 e. The SMILES string of the molecule is N#C[C@H]1C[C@H](CNc2ccc(S(N)(=O)=O)cc2[N+](=O)[O-])C1.[N-]=[N+]=[N-].[Na+]. The fraction of sp³-hybridized carbons (Fsp3) is 0.417. The van der Waals surface area contributed by atoms with Crippen LogP contribution < -0.4 is 40.0 Å². The number of nitrogens with two attached hydrogens (primary N) is 1. The Hall–Kier alpha value is -1.87. The fourth-order valence-electron chi connectivity index (χ4n) is 2.25. The van der Waals surface area contributed by atoms with Gasteiger partial charge in [-0.05, 0) is 30.9 Å². The third-order valence-electron chi connectivity index (χ3n) is 3.49. The minimum Gasteiger partial charge on any atom is -0.379 e. The van der Waals surface area contributed by atoms with Gasteiger partial charge in [-0.2, -0.15) is 5.26 Å². The summed E-state index contributed by atoms with van der Waals surface area (Å²) in [4.78, 5) is 11.6. The van der Waals surface area contributed by atoms with Gasteiger partial charge in [-0.1, -0.05) is 0 Å². The minimum absolute atomic E-state index is 0. The van der Waals surface area contributed by atoms with Crippen LogP contribution in [0.2, 0.25) is 0 Å². The number of primary sulfonamides is 1. The molecule has 0 saturated heterocycles. The topological polar surface area (TPSA) is 198 Å². The Labute approximate surface area is 166 Å². The van der Waals surface area contributed by atoms with Gasteiger partial charge in [0.1, 0.15) is 5.69 Å². The molecule has 0 radical (unpaired) electrons. The van der Waals surface area contributed by atoms with E-state index in [1.807, 2.05) is 0 Å². The molecular formula is C12H14N7NaO4S. The Morgan fingerprint density at radius 2 is 2.00 bits per heavy atom. The van der Waals surface area contributed by atoms with Crippen molar-refractivity contribution >= 4 is 21.4 Å². The zero-order valence-corrected chi connectivity index (χ0v) is 16.2. The Balaban J connectivity index is 0.00000134. The summed E-state index contributed by atoms with van der Waals surface area (Å²) in [6.07, 6.45) is 1.54. The molecule has 1 saturated carbocycles. The number of nitro groups is 1. The van der Waals surface area contributed by atoms with Crippen molar-refractivity contribution in [3.05, 3.63) is 44.3 Å². The van der Waals surface area contributed by atoms with E-state index in [1.165, 1.54) is 17.0 Å². The largest absolute Gasteiger partial charge is 1.00 e. The summed E-state index contributed by atoms with van der Waals surface area (Å²) in [5, 5.41) is 27.6. The molecule has 0 aromatic heterocycles. The molecule has 0 bridgehead atoms. The Morgan fingerprint density at radius 1 is 1.44 bits per heavy atom. The molecular weight excluding hydrogens is 361 g/mol. The van der Waals surface area contributed by atoms with Crippen molar-refractivity contribution < 1.29 is 42.9 Å². The zero-order valence-electron chi connectivity index (χ0n) is 13.4. The second-order valence-corrected chi connectivity index (χ2v) is 6.68. The molecule has 13 heteroatoms. The fourth-order valence-corrected chi connectivity index (χ4v) is 2.78. The first-order valence-electron chi connectivity index (χ1n) is 6.66. The first-order chi connectivity index (χ1) is 11.2. The second kappa shape index (κ2) is 10.2. The van der Waals surface area contributed by atoms with Crippen LogP contribution in [-0.2, 0) is 10.0 Å². The molecule has 2 rings (SSSR count). The molecule has 0 aliphatic heterocycles. The van der Waals surface area contributed by atoms with Crippen molar-refractivity contribution in [1.29, 1.82) is 5.26 Å². The summed E-state index contributed by atoms with van der Waals surface area (Å²) in [5.41, 5.74) is 13.4. The Morgan fingerprint density at radius 3 is 2.44 bits per heavy atom. The number of nitro benzene ring substituents is 1. The van der Waals surface area contributed by atoms with Gasteiger partial charge in [-0.3, -0.25) is 15.0 Å². The summed E-state index contributed by atoms with van der Waals surface area (Å²) in [5.74, 6) is 0.365.